The molecule has 0 aliphatic heterocycles. The van der Waals surface area contributed by atoms with Crippen LogP contribution in [0.1, 0.15) is 19.8 Å². The number of unbranched alkanes of at least 4 members (excludes halogenated alkanes) is 1. The van der Waals surface area contributed by atoms with Crippen LogP contribution in [0.15, 0.2) is 17.3 Å². The van der Waals surface area contributed by atoms with E-state index < -0.39 is 0 Å². The zero-order valence-electron chi connectivity index (χ0n) is 5.62. The summed E-state index contributed by atoms with van der Waals surface area (Å²) >= 11 is 0. The molecule has 0 saturated heterocycles. The van der Waals surface area contributed by atoms with E-state index in [0.29, 0.717) is 6.54 Å². The van der Waals surface area contributed by atoms with Crippen molar-refractivity contribution < 1.29 is 0 Å². The highest BCUT2D eigenvalue weighted by molar-refractivity contribution is 4.83. The molecule has 0 fully saturated rings. The van der Waals surface area contributed by atoms with Gasteiger partial charge < -0.3 is 0 Å². The third kappa shape index (κ3) is 7.05. The van der Waals surface area contributed by atoms with Gasteiger partial charge in [0.2, 0.25) is 0 Å². The molecule has 9 heavy (non-hydrogen) atoms. The highest BCUT2D eigenvalue weighted by atomic mass is 15.1. The molecule has 0 bridgehead atoms. The van der Waals surface area contributed by atoms with Crippen molar-refractivity contribution in [2.75, 3.05) is 6.54 Å². The predicted molar refractivity (Wildman–Crippen MR) is 38.1 cm³/mol. The molecule has 0 unspecified atom stereocenters. The third-order valence-corrected chi connectivity index (χ3v) is 0.872. The van der Waals surface area contributed by atoms with Crippen LogP contribution >= 0.6 is 0 Å². The Morgan fingerprint density at radius 2 is 2.33 bits per heavy atom. The molecule has 0 aliphatic carbocycles. The van der Waals surface area contributed by atoms with Crippen LogP contribution in [0, 0.1) is 0 Å². The largest absolute Gasteiger partial charge is 0.0899 e. The number of rotatable bonds is 4. The summed E-state index contributed by atoms with van der Waals surface area (Å²) in [6.07, 6.45) is 6.12. The minimum atomic E-state index is 0.483. The normalized spacial score (nSPS) is 9.44. The lowest BCUT2D eigenvalue weighted by Gasteiger charge is -1.80. The number of nitrogens with zero attached hydrogens (tertiary/aromatic N) is 3. The van der Waals surface area contributed by atoms with Crippen LogP contribution in [-0.4, -0.2) is 6.54 Å². The van der Waals surface area contributed by atoms with Gasteiger partial charge in [-0.1, -0.05) is 30.6 Å². The fourth-order valence-corrected chi connectivity index (χ4v) is 0.443. The van der Waals surface area contributed by atoms with Gasteiger partial charge >= 0.3 is 0 Å². The fraction of sp³-hybridized carbons (Fsp3) is 0.667. The monoisotopic (exact) mass is 125 g/mol. The Balaban J connectivity index is 3.14. The molecule has 0 atom stereocenters. The Labute approximate surface area is 55.0 Å². The number of azide groups is 1. The van der Waals surface area contributed by atoms with Crippen molar-refractivity contribution >= 4 is 0 Å². The first kappa shape index (κ1) is 8.05. The summed E-state index contributed by atoms with van der Waals surface area (Å²) in [6, 6.07) is 0. The van der Waals surface area contributed by atoms with Crippen molar-refractivity contribution in [3.63, 3.8) is 0 Å². The van der Waals surface area contributed by atoms with Gasteiger partial charge in [-0.3, -0.25) is 0 Å². The Morgan fingerprint density at radius 3 is 2.89 bits per heavy atom. The van der Waals surface area contributed by atoms with Crippen molar-refractivity contribution in [2.24, 2.45) is 5.11 Å². The van der Waals surface area contributed by atoms with Crippen LogP contribution in [0.2, 0.25) is 0 Å². The van der Waals surface area contributed by atoms with E-state index >= 15 is 0 Å². The molecule has 0 spiro atoms. The maximum absolute atomic E-state index is 7.85. The molecular formula is C6H11N3. The molecule has 0 aromatic rings. The molecule has 0 radical (unpaired) electrons. The van der Waals surface area contributed by atoms with E-state index in [2.05, 4.69) is 16.9 Å². The van der Waals surface area contributed by atoms with Gasteiger partial charge in [-0.05, 0) is 12.0 Å². The molecule has 50 valence electrons. The SMILES string of the molecule is CCC/C=C/CN=[N+]=[N-]. The summed E-state index contributed by atoms with van der Waals surface area (Å²) < 4.78 is 0. The summed E-state index contributed by atoms with van der Waals surface area (Å²) in [6.45, 7) is 2.59. The van der Waals surface area contributed by atoms with E-state index in [-0.39, 0.29) is 0 Å². The summed E-state index contributed by atoms with van der Waals surface area (Å²) in [5, 5.41) is 3.34. The zero-order valence-corrected chi connectivity index (χ0v) is 5.62. The zero-order chi connectivity index (χ0) is 6.95. The molecular weight excluding hydrogens is 114 g/mol. The molecule has 0 saturated carbocycles. The molecule has 0 amide bonds. The van der Waals surface area contributed by atoms with Gasteiger partial charge in [0.1, 0.15) is 0 Å². The Bertz CT molecular complexity index is 122. The van der Waals surface area contributed by atoms with E-state index in [1.54, 1.807) is 0 Å². The van der Waals surface area contributed by atoms with E-state index in [4.69, 9.17) is 5.53 Å². The standard InChI is InChI=1S/C6H11N3/c1-2-3-4-5-6-8-9-7/h4-5H,2-3,6H2,1H3/b5-4+. The lowest BCUT2D eigenvalue weighted by atomic mass is 10.3. The minimum absolute atomic E-state index is 0.483. The van der Waals surface area contributed by atoms with E-state index in [1.165, 1.54) is 0 Å². The first-order chi connectivity index (χ1) is 4.41. The van der Waals surface area contributed by atoms with Crippen LogP contribution < -0.4 is 0 Å². The first-order valence-electron chi connectivity index (χ1n) is 3.07. The Hall–Kier alpha value is -0.950. The van der Waals surface area contributed by atoms with Crippen LogP contribution in [0.25, 0.3) is 10.4 Å². The minimum Gasteiger partial charge on any atom is -0.0899 e. The molecule has 3 nitrogen and oxygen atoms in total. The van der Waals surface area contributed by atoms with E-state index in [9.17, 15) is 0 Å². The number of allylic oxidation sites excluding steroid dienone is 1. The topological polar surface area (TPSA) is 48.8 Å². The fourth-order valence-electron chi connectivity index (χ4n) is 0.443. The van der Waals surface area contributed by atoms with Gasteiger partial charge in [0.05, 0.1) is 0 Å². The van der Waals surface area contributed by atoms with Crippen LogP contribution in [-0.2, 0) is 0 Å². The van der Waals surface area contributed by atoms with Crippen molar-refractivity contribution in [1.29, 1.82) is 0 Å². The Kier molecular flexibility index (Phi) is 6.31. The van der Waals surface area contributed by atoms with E-state index in [0.717, 1.165) is 12.8 Å². The molecule has 0 aromatic carbocycles. The van der Waals surface area contributed by atoms with Crippen molar-refractivity contribution in [2.45, 2.75) is 19.8 Å². The second kappa shape index (κ2) is 7.05. The molecule has 0 N–H and O–H groups in total. The van der Waals surface area contributed by atoms with Gasteiger partial charge in [-0.15, -0.1) is 0 Å². The quantitative estimate of drug-likeness (QED) is 0.240. The van der Waals surface area contributed by atoms with Crippen LogP contribution in [0.4, 0.5) is 0 Å². The first-order valence-corrected chi connectivity index (χ1v) is 3.07. The Morgan fingerprint density at radius 1 is 1.56 bits per heavy atom. The molecule has 3 heteroatoms. The highest BCUT2D eigenvalue weighted by Crippen LogP contribution is 1.87. The lowest BCUT2D eigenvalue weighted by molar-refractivity contribution is 0.953. The van der Waals surface area contributed by atoms with Crippen molar-refractivity contribution in [3.8, 4) is 0 Å². The molecule has 0 aromatic heterocycles. The van der Waals surface area contributed by atoms with Crippen molar-refractivity contribution in [3.05, 3.63) is 22.6 Å². The second-order valence-electron chi connectivity index (χ2n) is 1.67. The third-order valence-electron chi connectivity index (χ3n) is 0.872. The predicted octanol–water partition coefficient (Wildman–Crippen LogP) is 2.65. The van der Waals surface area contributed by atoms with Crippen LogP contribution in [0.5, 0.6) is 0 Å². The number of hydrogen-bond acceptors (Lipinski definition) is 1. The molecule has 0 aliphatic rings. The summed E-state index contributed by atoms with van der Waals surface area (Å²) in [5.74, 6) is 0. The molecule has 0 rings (SSSR count). The van der Waals surface area contributed by atoms with Crippen LogP contribution in [0.3, 0.4) is 0 Å². The average molecular weight is 125 g/mol. The summed E-state index contributed by atoms with van der Waals surface area (Å²) in [5.41, 5.74) is 7.85. The van der Waals surface area contributed by atoms with E-state index in [1.807, 2.05) is 12.2 Å². The second-order valence-corrected chi connectivity index (χ2v) is 1.67. The maximum Gasteiger partial charge on any atom is 0.0440 e. The molecule has 0 heterocycles. The van der Waals surface area contributed by atoms with Gasteiger partial charge in [0, 0.05) is 11.5 Å². The average Bonchev–Trinajstić information content (AvgIpc) is 1.89. The van der Waals surface area contributed by atoms with Crippen molar-refractivity contribution in [1.82, 2.24) is 0 Å². The maximum atomic E-state index is 7.85. The summed E-state index contributed by atoms with van der Waals surface area (Å²) in [4.78, 5) is 2.61. The summed E-state index contributed by atoms with van der Waals surface area (Å²) in [7, 11) is 0. The smallest absolute Gasteiger partial charge is 0.0440 e. The van der Waals surface area contributed by atoms with Gasteiger partial charge in [-0.25, -0.2) is 0 Å². The van der Waals surface area contributed by atoms with Gasteiger partial charge in [0.15, 0.2) is 0 Å². The lowest BCUT2D eigenvalue weighted by Crippen LogP contribution is -1.66. The van der Waals surface area contributed by atoms with Gasteiger partial charge in [0.25, 0.3) is 0 Å². The van der Waals surface area contributed by atoms with Gasteiger partial charge in [-0.2, -0.15) is 0 Å². The number of hydrogen-bond donors (Lipinski definition) is 0. The highest BCUT2D eigenvalue weighted by Gasteiger charge is 1.71.